The van der Waals surface area contributed by atoms with Crippen LogP contribution in [0.15, 0.2) is 36.1 Å². The minimum atomic E-state index is -1.55. The molecule has 0 N–H and O–H groups in total. The molecule has 0 aromatic carbocycles. The van der Waals surface area contributed by atoms with Crippen LogP contribution in [-0.4, -0.2) is 31.3 Å². The van der Waals surface area contributed by atoms with Gasteiger partial charge in [0.2, 0.25) is 5.41 Å². The molecule has 1 aliphatic carbocycles. The van der Waals surface area contributed by atoms with E-state index in [-0.39, 0.29) is 12.2 Å². The van der Waals surface area contributed by atoms with E-state index in [1.807, 2.05) is 6.92 Å². The molecule has 1 unspecified atom stereocenters. The van der Waals surface area contributed by atoms with Crippen LogP contribution in [0.5, 0.6) is 0 Å². The highest BCUT2D eigenvalue weighted by Crippen LogP contribution is 2.31. The molecule has 5 nitrogen and oxygen atoms in total. The number of fused-ring (bicyclic) bond motifs is 2. The van der Waals surface area contributed by atoms with E-state index < -0.39 is 17.4 Å². The minimum absolute atomic E-state index is 0.0918. The van der Waals surface area contributed by atoms with Crippen molar-refractivity contribution in [3.63, 3.8) is 0 Å². The Morgan fingerprint density at radius 1 is 1.30 bits per heavy atom. The summed E-state index contributed by atoms with van der Waals surface area (Å²) in [5.74, 6) is -0.708. The number of carbonyl (C=O) groups excluding carboxylic acids is 2. The number of carbonyl (C=O) groups is 2. The topological polar surface area (TPSA) is 61.8 Å². The second-order valence-electron chi connectivity index (χ2n) is 5.00. The Bertz CT molecular complexity index is 502. The summed E-state index contributed by atoms with van der Waals surface area (Å²) in [6.45, 7) is 3.68. The molecule has 0 saturated carbocycles. The van der Waals surface area contributed by atoms with E-state index in [1.165, 1.54) is 19.3 Å². The molecule has 2 bridgehead atoms. The average Bonchev–Trinajstić information content (AvgIpc) is 2.61. The third-order valence-corrected chi connectivity index (χ3v) is 3.30. The standard InChI is InChI=1S/C15H18O5/c1-10-9-11(2)20-14(17)15(13(16)18-3)7-4-5-12(19-10)6-8-15/h4-8,10-11H,9H2,1-3H3/t10-,11+,15?/m0/s1. The Morgan fingerprint density at radius 3 is 2.70 bits per heavy atom. The van der Waals surface area contributed by atoms with Crippen LogP contribution >= 0.6 is 0 Å². The highest BCUT2D eigenvalue weighted by molar-refractivity contribution is 6.04. The Balaban J connectivity index is 2.47. The predicted octanol–water partition coefficient (Wildman–Crippen LogP) is 1.90. The van der Waals surface area contributed by atoms with E-state index in [9.17, 15) is 9.59 Å². The molecule has 3 atom stereocenters. The Labute approximate surface area is 117 Å². The fraction of sp³-hybridized carbons (Fsp3) is 0.467. The van der Waals surface area contributed by atoms with Crippen molar-refractivity contribution in [1.82, 2.24) is 0 Å². The predicted molar refractivity (Wildman–Crippen MR) is 71.5 cm³/mol. The molecular weight excluding hydrogens is 260 g/mol. The molecule has 0 spiro atoms. The van der Waals surface area contributed by atoms with Gasteiger partial charge in [-0.25, -0.2) is 0 Å². The van der Waals surface area contributed by atoms with Gasteiger partial charge in [-0.05, 0) is 32.1 Å². The lowest BCUT2D eigenvalue weighted by Gasteiger charge is -2.27. The van der Waals surface area contributed by atoms with Crippen LogP contribution in [0.4, 0.5) is 0 Å². The van der Waals surface area contributed by atoms with Gasteiger partial charge in [0.05, 0.1) is 13.2 Å². The molecule has 20 heavy (non-hydrogen) atoms. The van der Waals surface area contributed by atoms with Gasteiger partial charge in [0.1, 0.15) is 11.9 Å². The Morgan fingerprint density at radius 2 is 2.00 bits per heavy atom. The average molecular weight is 278 g/mol. The maximum absolute atomic E-state index is 12.4. The number of ether oxygens (including phenoxy) is 3. The number of hydrogen-bond acceptors (Lipinski definition) is 5. The van der Waals surface area contributed by atoms with E-state index in [0.29, 0.717) is 12.2 Å². The highest BCUT2D eigenvalue weighted by atomic mass is 16.6. The first kappa shape index (κ1) is 14.4. The number of allylic oxidation sites excluding steroid dienone is 3. The van der Waals surface area contributed by atoms with Crippen molar-refractivity contribution in [1.29, 1.82) is 0 Å². The van der Waals surface area contributed by atoms with Crippen molar-refractivity contribution in [2.75, 3.05) is 7.11 Å². The van der Waals surface area contributed by atoms with Crippen molar-refractivity contribution in [3.05, 3.63) is 36.1 Å². The van der Waals surface area contributed by atoms with Crippen LogP contribution in [0.1, 0.15) is 20.3 Å². The summed E-state index contributed by atoms with van der Waals surface area (Å²) in [4.78, 5) is 24.4. The normalized spacial score (nSPS) is 32.8. The van der Waals surface area contributed by atoms with Crippen molar-refractivity contribution < 1.29 is 23.8 Å². The fourth-order valence-electron chi connectivity index (χ4n) is 2.30. The van der Waals surface area contributed by atoms with E-state index >= 15 is 0 Å². The molecule has 0 aromatic rings. The lowest BCUT2D eigenvalue weighted by molar-refractivity contribution is -0.167. The summed E-state index contributed by atoms with van der Waals surface area (Å²) in [5, 5.41) is 0. The number of methoxy groups -OCH3 is 1. The highest BCUT2D eigenvalue weighted by Gasteiger charge is 2.45. The van der Waals surface area contributed by atoms with E-state index in [4.69, 9.17) is 14.2 Å². The first-order valence-corrected chi connectivity index (χ1v) is 6.53. The number of rotatable bonds is 1. The van der Waals surface area contributed by atoms with Gasteiger partial charge in [0.25, 0.3) is 0 Å². The van der Waals surface area contributed by atoms with Crippen molar-refractivity contribution in [3.8, 4) is 0 Å². The maximum Gasteiger partial charge on any atom is 0.331 e. The zero-order chi connectivity index (χ0) is 14.8. The minimum Gasteiger partial charge on any atom is -0.491 e. The first-order valence-electron chi connectivity index (χ1n) is 6.53. The van der Waals surface area contributed by atoms with Crippen LogP contribution in [0.2, 0.25) is 0 Å². The van der Waals surface area contributed by atoms with Crippen molar-refractivity contribution in [2.24, 2.45) is 5.41 Å². The monoisotopic (exact) mass is 278 g/mol. The molecule has 0 amide bonds. The summed E-state index contributed by atoms with van der Waals surface area (Å²) in [6, 6.07) is 0. The largest absolute Gasteiger partial charge is 0.491 e. The van der Waals surface area contributed by atoms with Gasteiger partial charge in [0.15, 0.2) is 0 Å². The molecule has 1 heterocycles. The smallest absolute Gasteiger partial charge is 0.331 e. The maximum atomic E-state index is 12.4. The van der Waals surface area contributed by atoms with Crippen LogP contribution in [0.3, 0.4) is 0 Å². The van der Waals surface area contributed by atoms with Crippen LogP contribution in [0.25, 0.3) is 0 Å². The SMILES string of the molecule is COC(=O)C12C=CC=C(C=C1)O[C@@H](C)C[C@@H](C)OC2=O. The van der Waals surface area contributed by atoms with Gasteiger partial charge in [0, 0.05) is 6.42 Å². The van der Waals surface area contributed by atoms with E-state index in [2.05, 4.69) is 0 Å². The zero-order valence-corrected chi connectivity index (χ0v) is 11.8. The van der Waals surface area contributed by atoms with Gasteiger partial charge in [-0.3, -0.25) is 9.59 Å². The van der Waals surface area contributed by atoms with Gasteiger partial charge < -0.3 is 14.2 Å². The molecule has 1 aliphatic heterocycles. The fourth-order valence-corrected chi connectivity index (χ4v) is 2.30. The molecule has 5 heteroatoms. The summed E-state index contributed by atoms with van der Waals surface area (Å²) < 4.78 is 15.9. The third-order valence-electron chi connectivity index (χ3n) is 3.30. The van der Waals surface area contributed by atoms with Crippen LogP contribution in [-0.2, 0) is 23.8 Å². The molecule has 2 aliphatic rings. The molecule has 0 radical (unpaired) electrons. The number of esters is 2. The molecule has 0 saturated heterocycles. The summed E-state index contributed by atoms with van der Waals surface area (Å²) in [5.41, 5.74) is -1.55. The number of cyclic esters (lactones) is 1. The third kappa shape index (κ3) is 2.61. The lowest BCUT2D eigenvalue weighted by atomic mass is 9.87. The Hall–Kier alpha value is -2.04. The van der Waals surface area contributed by atoms with Gasteiger partial charge in [-0.2, -0.15) is 0 Å². The molecule has 2 rings (SSSR count). The summed E-state index contributed by atoms with van der Waals surface area (Å²) in [6.07, 6.45) is 7.96. The van der Waals surface area contributed by atoms with E-state index in [0.717, 1.165) is 0 Å². The zero-order valence-electron chi connectivity index (χ0n) is 11.8. The molecule has 0 aromatic heterocycles. The van der Waals surface area contributed by atoms with Crippen molar-refractivity contribution in [2.45, 2.75) is 32.5 Å². The first-order chi connectivity index (χ1) is 9.48. The second-order valence-corrected chi connectivity index (χ2v) is 5.00. The van der Waals surface area contributed by atoms with Gasteiger partial charge in [-0.15, -0.1) is 0 Å². The van der Waals surface area contributed by atoms with Crippen molar-refractivity contribution >= 4 is 11.9 Å². The second kappa shape index (κ2) is 5.53. The van der Waals surface area contributed by atoms with Gasteiger partial charge >= 0.3 is 11.9 Å². The molecule has 0 fully saturated rings. The quantitative estimate of drug-likeness (QED) is 0.541. The number of hydrogen-bond donors (Lipinski definition) is 0. The van der Waals surface area contributed by atoms with Gasteiger partial charge in [-0.1, -0.05) is 12.2 Å². The molecular formula is C15H18O5. The Kier molecular flexibility index (Phi) is 3.97. The summed E-state index contributed by atoms with van der Waals surface area (Å²) >= 11 is 0. The lowest BCUT2D eigenvalue weighted by Crippen LogP contribution is -2.40. The summed E-state index contributed by atoms with van der Waals surface area (Å²) in [7, 11) is 1.24. The van der Waals surface area contributed by atoms with Crippen LogP contribution < -0.4 is 0 Å². The van der Waals surface area contributed by atoms with E-state index in [1.54, 1.807) is 25.2 Å². The van der Waals surface area contributed by atoms with Crippen LogP contribution in [0, 0.1) is 5.41 Å². The molecule has 108 valence electrons.